The largest absolute Gasteiger partial charge is 0.351 e. The summed E-state index contributed by atoms with van der Waals surface area (Å²) in [5, 5.41) is 4.05. The minimum absolute atomic E-state index is 0.00529. The van der Waals surface area contributed by atoms with Crippen LogP contribution < -0.4 is 5.32 Å². The van der Waals surface area contributed by atoms with Crippen molar-refractivity contribution in [1.82, 2.24) is 5.32 Å². The monoisotopic (exact) mass is 389 g/mol. The quantitative estimate of drug-likeness (QED) is 0.701. The van der Waals surface area contributed by atoms with Crippen LogP contribution in [0.15, 0.2) is 22.7 Å². The minimum atomic E-state index is 0.00529. The van der Waals surface area contributed by atoms with Gasteiger partial charge in [0, 0.05) is 21.9 Å². The van der Waals surface area contributed by atoms with Crippen molar-refractivity contribution < 1.29 is 4.79 Å². The molecule has 1 N–H and O–H groups in total. The van der Waals surface area contributed by atoms with Crippen molar-refractivity contribution in [3.63, 3.8) is 0 Å². The van der Waals surface area contributed by atoms with Gasteiger partial charge in [-0.25, -0.2) is 0 Å². The minimum Gasteiger partial charge on any atom is -0.351 e. The zero-order valence-electron chi connectivity index (χ0n) is 11.7. The third-order valence-electron chi connectivity index (χ3n) is 3.16. The lowest BCUT2D eigenvalue weighted by atomic mass is 9.88. The molecule has 0 saturated heterocycles. The van der Waals surface area contributed by atoms with Gasteiger partial charge in [-0.3, -0.25) is 4.79 Å². The number of hydrogen-bond acceptors (Lipinski definition) is 1. The molecule has 0 radical (unpaired) electrons. The molecule has 4 heteroatoms. The summed E-state index contributed by atoms with van der Waals surface area (Å²) in [4.78, 5) is 12.2. The van der Waals surface area contributed by atoms with Gasteiger partial charge in [0.25, 0.3) is 5.91 Å². The fourth-order valence-electron chi connectivity index (χ4n) is 1.89. The third kappa shape index (κ3) is 5.65. The van der Waals surface area contributed by atoms with Crippen molar-refractivity contribution in [3.8, 4) is 0 Å². The molecule has 0 bridgehead atoms. The van der Waals surface area contributed by atoms with Crippen molar-refractivity contribution in [1.29, 1.82) is 0 Å². The molecule has 0 aliphatic carbocycles. The third-order valence-corrected chi connectivity index (χ3v) is 4.21. The number of amides is 1. The number of carbonyl (C=O) groups is 1. The zero-order chi connectivity index (χ0) is 14.5. The van der Waals surface area contributed by atoms with E-state index in [0.717, 1.165) is 33.8 Å². The van der Waals surface area contributed by atoms with Gasteiger partial charge in [-0.15, -0.1) is 0 Å². The Balaban J connectivity index is 2.62. The molecule has 1 rings (SSSR count). The van der Waals surface area contributed by atoms with Crippen molar-refractivity contribution in [3.05, 3.63) is 33.8 Å². The summed E-state index contributed by atoms with van der Waals surface area (Å²) in [7, 11) is 0. The number of aryl methyl sites for hydroxylation is 1. The average Bonchev–Trinajstić information content (AvgIpc) is 2.36. The molecule has 0 aromatic heterocycles. The Morgan fingerprint density at radius 3 is 2.68 bits per heavy atom. The topological polar surface area (TPSA) is 29.1 Å². The Kier molecular flexibility index (Phi) is 6.54. The lowest BCUT2D eigenvalue weighted by Crippen LogP contribution is -2.34. The van der Waals surface area contributed by atoms with E-state index >= 15 is 0 Å². The molecule has 0 atom stereocenters. The summed E-state index contributed by atoms with van der Waals surface area (Å²) in [5.41, 5.74) is 1.87. The fourth-order valence-corrected chi connectivity index (χ4v) is 2.53. The van der Waals surface area contributed by atoms with Crippen LogP contribution in [0.1, 0.15) is 42.6 Å². The number of carbonyl (C=O) groups excluding carboxylic acids is 1. The van der Waals surface area contributed by atoms with Crippen LogP contribution in [0.3, 0.4) is 0 Å². The van der Waals surface area contributed by atoms with Crippen LogP contribution >= 0.6 is 31.9 Å². The second-order valence-corrected chi connectivity index (χ2v) is 7.31. The van der Waals surface area contributed by atoms with Gasteiger partial charge in [-0.1, -0.05) is 51.8 Å². The van der Waals surface area contributed by atoms with Gasteiger partial charge in [-0.05, 0) is 42.9 Å². The lowest BCUT2D eigenvalue weighted by molar-refractivity contribution is 0.0934. The van der Waals surface area contributed by atoms with Gasteiger partial charge in [0.05, 0.1) is 0 Å². The number of hydrogen-bond donors (Lipinski definition) is 1. The Morgan fingerprint density at radius 2 is 2.05 bits per heavy atom. The Bertz CT molecular complexity index is 444. The maximum Gasteiger partial charge on any atom is 0.251 e. The molecule has 19 heavy (non-hydrogen) atoms. The standard InChI is InChI=1S/C15H21Br2NO/c1-11-5-6-12(17)9-13(11)14(19)18-10-15(2,3)7-4-8-16/h5-6,9H,4,7-8,10H2,1-3H3,(H,18,19). The summed E-state index contributed by atoms with van der Waals surface area (Å²) in [6.07, 6.45) is 2.22. The molecular weight excluding hydrogens is 370 g/mol. The second kappa shape index (κ2) is 7.44. The summed E-state index contributed by atoms with van der Waals surface area (Å²) in [6.45, 7) is 7.02. The molecule has 106 valence electrons. The summed E-state index contributed by atoms with van der Waals surface area (Å²) in [6, 6.07) is 5.77. The van der Waals surface area contributed by atoms with Crippen molar-refractivity contribution in [2.75, 3.05) is 11.9 Å². The van der Waals surface area contributed by atoms with E-state index in [2.05, 4.69) is 51.0 Å². The van der Waals surface area contributed by atoms with Crippen LogP contribution in [0.2, 0.25) is 0 Å². The first kappa shape index (κ1) is 16.7. The predicted molar refractivity (Wildman–Crippen MR) is 88.0 cm³/mol. The molecule has 0 heterocycles. The van der Waals surface area contributed by atoms with Crippen LogP contribution in [-0.4, -0.2) is 17.8 Å². The highest BCUT2D eigenvalue weighted by Crippen LogP contribution is 2.22. The van der Waals surface area contributed by atoms with E-state index in [9.17, 15) is 4.79 Å². The molecule has 0 fully saturated rings. The average molecular weight is 391 g/mol. The van der Waals surface area contributed by atoms with E-state index < -0.39 is 0 Å². The summed E-state index contributed by atoms with van der Waals surface area (Å²) < 4.78 is 0.932. The van der Waals surface area contributed by atoms with Gasteiger partial charge in [-0.2, -0.15) is 0 Å². The number of nitrogens with one attached hydrogen (secondary N) is 1. The normalized spacial score (nSPS) is 11.4. The number of alkyl halides is 1. The molecule has 2 nitrogen and oxygen atoms in total. The molecule has 0 spiro atoms. The van der Waals surface area contributed by atoms with E-state index in [1.165, 1.54) is 0 Å². The van der Waals surface area contributed by atoms with Gasteiger partial charge in [0.1, 0.15) is 0 Å². The lowest BCUT2D eigenvalue weighted by Gasteiger charge is -2.24. The van der Waals surface area contributed by atoms with Crippen LogP contribution in [-0.2, 0) is 0 Å². The highest BCUT2D eigenvalue weighted by Gasteiger charge is 2.19. The zero-order valence-corrected chi connectivity index (χ0v) is 14.9. The van der Waals surface area contributed by atoms with Gasteiger partial charge < -0.3 is 5.32 Å². The van der Waals surface area contributed by atoms with E-state index in [4.69, 9.17) is 0 Å². The second-order valence-electron chi connectivity index (χ2n) is 5.60. The Morgan fingerprint density at radius 1 is 1.37 bits per heavy atom. The van der Waals surface area contributed by atoms with E-state index in [-0.39, 0.29) is 11.3 Å². The first-order valence-corrected chi connectivity index (χ1v) is 8.37. The maximum atomic E-state index is 12.2. The summed E-state index contributed by atoms with van der Waals surface area (Å²) >= 11 is 6.85. The number of rotatable bonds is 6. The first-order chi connectivity index (χ1) is 8.85. The van der Waals surface area contributed by atoms with Crippen LogP contribution in [0.4, 0.5) is 0 Å². The van der Waals surface area contributed by atoms with Crippen molar-refractivity contribution in [2.45, 2.75) is 33.6 Å². The highest BCUT2D eigenvalue weighted by atomic mass is 79.9. The predicted octanol–water partition coefficient (Wildman–Crippen LogP) is 4.69. The van der Waals surface area contributed by atoms with Crippen LogP contribution in [0.25, 0.3) is 0 Å². The first-order valence-electron chi connectivity index (χ1n) is 6.46. The molecule has 1 amide bonds. The van der Waals surface area contributed by atoms with Crippen LogP contribution in [0, 0.1) is 12.3 Å². The highest BCUT2D eigenvalue weighted by molar-refractivity contribution is 9.10. The molecule has 0 aliphatic rings. The molecule has 1 aromatic carbocycles. The van der Waals surface area contributed by atoms with Crippen molar-refractivity contribution >= 4 is 37.8 Å². The molecule has 0 aliphatic heterocycles. The summed E-state index contributed by atoms with van der Waals surface area (Å²) in [5.74, 6) is 0.00529. The Hall–Kier alpha value is -0.350. The molecular formula is C15H21Br2NO. The number of benzene rings is 1. The van der Waals surface area contributed by atoms with E-state index in [1.54, 1.807) is 0 Å². The van der Waals surface area contributed by atoms with Crippen molar-refractivity contribution in [2.24, 2.45) is 5.41 Å². The maximum absolute atomic E-state index is 12.2. The molecule has 0 saturated carbocycles. The van der Waals surface area contributed by atoms with Gasteiger partial charge in [0.2, 0.25) is 0 Å². The Labute approximate surface area is 132 Å². The number of halogens is 2. The smallest absolute Gasteiger partial charge is 0.251 e. The molecule has 0 unspecified atom stereocenters. The van der Waals surface area contributed by atoms with Crippen LogP contribution in [0.5, 0.6) is 0 Å². The SMILES string of the molecule is Cc1ccc(Br)cc1C(=O)NCC(C)(C)CCCBr. The van der Waals surface area contributed by atoms with Gasteiger partial charge >= 0.3 is 0 Å². The van der Waals surface area contributed by atoms with E-state index in [1.807, 2.05) is 25.1 Å². The van der Waals surface area contributed by atoms with E-state index in [0.29, 0.717) is 6.54 Å². The van der Waals surface area contributed by atoms with Gasteiger partial charge in [0.15, 0.2) is 0 Å². The fraction of sp³-hybridized carbons (Fsp3) is 0.533. The molecule has 1 aromatic rings.